The summed E-state index contributed by atoms with van der Waals surface area (Å²) < 4.78 is 0. The molecule has 0 heterocycles. The molecule has 0 spiro atoms. The molecule has 1 fully saturated rings. The van der Waals surface area contributed by atoms with Crippen LogP contribution in [0.2, 0.25) is 0 Å². The van der Waals surface area contributed by atoms with E-state index in [9.17, 15) is 0 Å². The van der Waals surface area contributed by atoms with Gasteiger partial charge >= 0.3 is 0 Å². The Kier molecular flexibility index (Phi) is 8.13. The van der Waals surface area contributed by atoms with E-state index in [4.69, 9.17) is 0 Å². The van der Waals surface area contributed by atoms with Crippen molar-refractivity contribution in [3.05, 3.63) is 84.4 Å². The van der Waals surface area contributed by atoms with Crippen LogP contribution in [0.5, 0.6) is 0 Å². The lowest BCUT2D eigenvalue weighted by Crippen LogP contribution is -2.39. The Labute approximate surface area is 165 Å². The first-order valence-corrected chi connectivity index (χ1v) is 10.5. The second kappa shape index (κ2) is 11.1. The van der Waals surface area contributed by atoms with Gasteiger partial charge in [-0.3, -0.25) is 4.90 Å². The van der Waals surface area contributed by atoms with E-state index in [-0.39, 0.29) is 0 Å². The van der Waals surface area contributed by atoms with Crippen LogP contribution in [0.25, 0.3) is 0 Å². The Morgan fingerprint density at radius 2 is 1.52 bits per heavy atom. The molecule has 1 saturated carbocycles. The standard InChI is InChI=1S/C25H34N2/c1-2-18-26-19-21-27(24-15-9-10-16-24)20-17-25(22-11-5-3-6-12-22)23-13-7-4-8-14-23/h2-8,11-14,24-26H,1,9-10,15-21H2. The summed E-state index contributed by atoms with van der Waals surface area (Å²) >= 11 is 0. The molecule has 1 aliphatic rings. The van der Waals surface area contributed by atoms with Gasteiger partial charge in [-0.1, -0.05) is 79.6 Å². The fraction of sp³-hybridized carbons (Fsp3) is 0.440. The van der Waals surface area contributed by atoms with Crippen LogP contribution < -0.4 is 5.32 Å². The van der Waals surface area contributed by atoms with Crippen LogP contribution in [0, 0.1) is 0 Å². The molecule has 144 valence electrons. The molecule has 3 rings (SSSR count). The highest BCUT2D eigenvalue weighted by molar-refractivity contribution is 5.32. The molecule has 2 nitrogen and oxygen atoms in total. The Balaban J connectivity index is 1.68. The topological polar surface area (TPSA) is 15.3 Å². The summed E-state index contributed by atoms with van der Waals surface area (Å²) in [5.74, 6) is 0.470. The van der Waals surface area contributed by atoms with Crippen molar-refractivity contribution < 1.29 is 0 Å². The van der Waals surface area contributed by atoms with Crippen LogP contribution in [0.4, 0.5) is 0 Å². The molecule has 0 radical (unpaired) electrons. The van der Waals surface area contributed by atoms with Gasteiger partial charge in [0.15, 0.2) is 0 Å². The second-order valence-electron chi connectivity index (χ2n) is 7.63. The third kappa shape index (κ3) is 6.05. The van der Waals surface area contributed by atoms with Gasteiger partial charge in [0, 0.05) is 31.6 Å². The zero-order valence-electron chi connectivity index (χ0n) is 16.5. The Morgan fingerprint density at radius 1 is 0.926 bits per heavy atom. The van der Waals surface area contributed by atoms with E-state index in [0.29, 0.717) is 5.92 Å². The Bertz CT molecular complexity index is 607. The predicted molar refractivity (Wildman–Crippen MR) is 116 cm³/mol. The Morgan fingerprint density at radius 3 is 2.07 bits per heavy atom. The molecule has 1 aliphatic carbocycles. The highest BCUT2D eigenvalue weighted by atomic mass is 15.2. The van der Waals surface area contributed by atoms with Crippen LogP contribution in [0.15, 0.2) is 73.3 Å². The summed E-state index contributed by atoms with van der Waals surface area (Å²) in [5.41, 5.74) is 2.86. The predicted octanol–water partition coefficient (Wildman–Crippen LogP) is 5.23. The van der Waals surface area contributed by atoms with Crippen molar-refractivity contribution in [3.63, 3.8) is 0 Å². The maximum Gasteiger partial charge on any atom is 0.0132 e. The summed E-state index contributed by atoms with van der Waals surface area (Å²) in [5, 5.41) is 3.48. The van der Waals surface area contributed by atoms with Gasteiger partial charge in [-0.15, -0.1) is 6.58 Å². The van der Waals surface area contributed by atoms with Crippen molar-refractivity contribution in [2.45, 2.75) is 44.1 Å². The largest absolute Gasteiger partial charge is 0.312 e. The number of rotatable bonds is 11. The molecule has 0 aromatic heterocycles. The van der Waals surface area contributed by atoms with Gasteiger partial charge in [-0.2, -0.15) is 0 Å². The quantitative estimate of drug-likeness (QED) is 0.435. The normalized spacial score (nSPS) is 14.9. The molecule has 2 aromatic rings. The highest BCUT2D eigenvalue weighted by Crippen LogP contribution is 2.30. The fourth-order valence-corrected chi connectivity index (χ4v) is 4.36. The van der Waals surface area contributed by atoms with E-state index in [1.54, 1.807) is 0 Å². The van der Waals surface area contributed by atoms with Gasteiger partial charge in [-0.05, 0) is 36.9 Å². The monoisotopic (exact) mass is 362 g/mol. The Hall–Kier alpha value is -1.90. The number of nitrogens with zero attached hydrogens (tertiary/aromatic N) is 1. The minimum absolute atomic E-state index is 0.470. The summed E-state index contributed by atoms with van der Waals surface area (Å²) in [6.07, 6.45) is 8.63. The first-order chi connectivity index (χ1) is 13.4. The summed E-state index contributed by atoms with van der Waals surface area (Å²) in [7, 11) is 0. The van der Waals surface area contributed by atoms with Crippen molar-refractivity contribution in [2.75, 3.05) is 26.2 Å². The lowest BCUT2D eigenvalue weighted by Gasteiger charge is -2.31. The summed E-state index contributed by atoms with van der Waals surface area (Å²) in [6.45, 7) is 8.04. The van der Waals surface area contributed by atoms with Crippen molar-refractivity contribution in [3.8, 4) is 0 Å². The summed E-state index contributed by atoms with van der Waals surface area (Å²) in [6, 6.07) is 22.8. The average Bonchev–Trinajstić information content (AvgIpc) is 3.26. The number of nitrogens with one attached hydrogen (secondary N) is 1. The maximum absolute atomic E-state index is 3.81. The fourth-order valence-electron chi connectivity index (χ4n) is 4.36. The van der Waals surface area contributed by atoms with Gasteiger partial charge in [0.05, 0.1) is 0 Å². The maximum atomic E-state index is 3.81. The molecule has 2 heteroatoms. The third-order valence-electron chi connectivity index (χ3n) is 5.81. The zero-order valence-corrected chi connectivity index (χ0v) is 16.5. The number of hydrogen-bond acceptors (Lipinski definition) is 2. The van der Waals surface area contributed by atoms with E-state index >= 15 is 0 Å². The van der Waals surface area contributed by atoms with E-state index in [1.165, 1.54) is 43.2 Å². The lowest BCUT2D eigenvalue weighted by atomic mass is 9.88. The van der Waals surface area contributed by atoms with E-state index < -0.39 is 0 Å². The minimum Gasteiger partial charge on any atom is -0.312 e. The first-order valence-electron chi connectivity index (χ1n) is 10.5. The van der Waals surface area contributed by atoms with Crippen LogP contribution in [-0.4, -0.2) is 37.1 Å². The molecule has 0 saturated heterocycles. The summed E-state index contributed by atoms with van der Waals surface area (Å²) in [4.78, 5) is 2.74. The number of benzene rings is 2. The molecule has 0 aliphatic heterocycles. The molecule has 27 heavy (non-hydrogen) atoms. The van der Waals surface area contributed by atoms with Crippen molar-refractivity contribution in [1.29, 1.82) is 0 Å². The first kappa shape index (κ1) is 19.9. The van der Waals surface area contributed by atoms with E-state index in [1.807, 2.05) is 6.08 Å². The van der Waals surface area contributed by atoms with Gasteiger partial charge in [0.1, 0.15) is 0 Å². The molecule has 1 N–H and O–H groups in total. The molecule has 0 unspecified atom stereocenters. The molecular formula is C25H34N2. The third-order valence-corrected chi connectivity index (χ3v) is 5.81. The van der Waals surface area contributed by atoms with Gasteiger partial charge in [0.2, 0.25) is 0 Å². The number of hydrogen-bond donors (Lipinski definition) is 1. The smallest absolute Gasteiger partial charge is 0.0132 e. The van der Waals surface area contributed by atoms with Crippen LogP contribution in [0.3, 0.4) is 0 Å². The molecule has 0 atom stereocenters. The zero-order chi connectivity index (χ0) is 18.7. The van der Waals surface area contributed by atoms with Gasteiger partial charge in [-0.25, -0.2) is 0 Å². The van der Waals surface area contributed by atoms with Crippen LogP contribution in [-0.2, 0) is 0 Å². The lowest BCUT2D eigenvalue weighted by molar-refractivity contribution is 0.194. The molecule has 0 amide bonds. The SMILES string of the molecule is C=CCNCCN(CCC(c1ccccc1)c1ccccc1)C1CCCC1. The van der Waals surface area contributed by atoms with E-state index in [2.05, 4.69) is 77.5 Å². The van der Waals surface area contributed by atoms with Crippen molar-refractivity contribution >= 4 is 0 Å². The molecular weight excluding hydrogens is 328 g/mol. The van der Waals surface area contributed by atoms with E-state index in [0.717, 1.165) is 32.2 Å². The van der Waals surface area contributed by atoms with Gasteiger partial charge < -0.3 is 5.32 Å². The van der Waals surface area contributed by atoms with Crippen LogP contribution >= 0.6 is 0 Å². The van der Waals surface area contributed by atoms with Crippen molar-refractivity contribution in [1.82, 2.24) is 10.2 Å². The van der Waals surface area contributed by atoms with Crippen LogP contribution in [0.1, 0.15) is 49.1 Å². The molecule has 0 bridgehead atoms. The highest BCUT2D eigenvalue weighted by Gasteiger charge is 2.23. The van der Waals surface area contributed by atoms with Crippen molar-refractivity contribution in [2.24, 2.45) is 0 Å². The second-order valence-corrected chi connectivity index (χ2v) is 7.63. The average molecular weight is 363 g/mol. The minimum atomic E-state index is 0.470. The van der Waals surface area contributed by atoms with Gasteiger partial charge in [0.25, 0.3) is 0 Å². The molecule has 2 aromatic carbocycles.